The molecule has 0 aliphatic carbocycles. The molecule has 2 aromatic rings. The third-order valence-electron chi connectivity index (χ3n) is 2.48. The lowest BCUT2D eigenvalue weighted by Gasteiger charge is -2.10. The Morgan fingerprint density at radius 1 is 1.37 bits per heavy atom. The number of hydrogen-bond donors (Lipinski definition) is 1. The molecular formula is C12H12N2O3S2. The fourth-order valence-corrected chi connectivity index (χ4v) is 3.89. The molecule has 1 N–H and O–H groups in total. The van der Waals surface area contributed by atoms with Gasteiger partial charge in [0.1, 0.15) is 26.7 Å². The number of furan rings is 1. The van der Waals surface area contributed by atoms with Crippen molar-refractivity contribution in [2.45, 2.75) is 24.1 Å². The minimum atomic E-state index is -3.63. The van der Waals surface area contributed by atoms with E-state index in [9.17, 15) is 8.42 Å². The van der Waals surface area contributed by atoms with E-state index in [0.717, 1.165) is 17.1 Å². The molecule has 1 unspecified atom stereocenters. The van der Waals surface area contributed by atoms with Gasteiger partial charge in [0.25, 0.3) is 10.0 Å². The Hall–Kier alpha value is -1.62. The number of rotatable bonds is 4. The number of nitrogens with zero attached hydrogens (tertiary/aromatic N) is 1. The van der Waals surface area contributed by atoms with Crippen LogP contribution in [0.1, 0.15) is 29.4 Å². The monoisotopic (exact) mass is 296 g/mol. The first-order chi connectivity index (χ1) is 8.92. The van der Waals surface area contributed by atoms with Crippen LogP contribution in [-0.2, 0) is 10.0 Å². The molecule has 7 heteroatoms. The number of sulfonamides is 1. The van der Waals surface area contributed by atoms with E-state index in [1.54, 1.807) is 26.0 Å². The second kappa shape index (κ2) is 5.17. The highest BCUT2D eigenvalue weighted by atomic mass is 32.2. The minimum absolute atomic E-state index is 0.124. The second-order valence-corrected chi connectivity index (χ2v) is 7.05. The van der Waals surface area contributed by atoms with Crippen molar-refractivity contribution in [2.24, 2.45) is 0 Å². The van der Waals surface area contributed by atoms with Crippen LogP contribution in [0.2, 0.25) is 0 Å². The van der Waals surface area contributed by atoms with Gasteiger partial charge in [-0.25, -0.2) is 13.1 Å². The molecule has 0 aliphatic rings. The van der Waals surface area contributed by atoms with E-state index in [4.69, 9.17) is 9.68 Å². The average Bonchev–Trinajstić information content (AvgIpc) is 2.96. The van der Waals surface area contributed by atoms with E-state index in [1.165, 1.54) is 12.1 Å². The highest BCUT2D eigenvalue weighted by Crippen LogP contribution is 2.23. The molecule has 0 aromatic carbocycles. The fourth-order valence-electron chi connectivity index (χ4n) is 1.56. The lowest BCUT2D eigenvalue weighted by Crippen LogP contribution is -2.25. The summed E-state index contributed by atoms with van der Waals surface area (Å²) in [7, 11) is -3.63. The van der Waals surface area contributed by atoms with Gasteiger partial charge in [0.05, 0.1) is 6.04 Å². The Balaban J connectivity index is 2.20. The van der Waals surface area contributed by atoms with E-state index < -0.39 is 16.1 Å². The Morgan fingerprint density at radius 3 is 2.63 bits per heavy atom. The topological polar surface area (TPSA) is 83.1 Å². The standard InChI is InChI=1S/C12H12N2O3S2/c1-8-3-5-11(17-8)9(2)14-19(15,16)12-6-4-10(7-13)18-12/h3-6,9,14H,1-2H3. The molecular weight excluding hydrogens is 284 g/mol. The van der Waals surface area contributed by atoms with Gasteiger partial charge in [-0.05, 0) is 38.1 Å². The van der Waals surface area contributed by atoms with E-state index in [2.05, 4.69) is 4.72 Å². The van der Waals surface area contributed by atoms with E-state index >= 15 is 0 Å². The molecule has 0 saturated heterocycles. The summed E-state index contributed by atoms with van der Waals surface area (Å²) < 4.78 is 32.2. The molecule has 0 amide bonds. The summed E-state index contributed by atoms with van der Waals surface area (Å²) in [5.74, 6) is 1.28. The van der Waals surface area contributed by atoms with Crippen LogP contribution in [0, 0.1) is 18.3 Å². The normalized spacial score (nSPS) is 13.1. The molecule has 0 fully saturated rings. The van der Waals surface area contributed by atoms with Crippen molar-refractivity contribution >= 4 is 21.4 Å². The van der Waals surface area contributed by atoms with Gasteiger partial charge >= 0.3 is 0 Å². The van der Waals surface area contributed by atoms with Crippen LogP contribution in [-0.4, -0.2) is 8.42 Å². The molecule has 0 bridgehead atoms. The number of hydrogen-bond acceptors (Lipinski definition) is 5. The van der Waals surface area contributed by atoms with Crippen molar-refractivity contribution in [1.82, 2.24) is 4.72 Å². The lowest BCUT2D eigenvalue weighted by molar-refractivity contribution is 0.441. The molecule has 0 radical (unpaired) electrons. The molecule has 0 aliphatic heterocycles. The maximum atomic E-state index is 12.1. The van der Waals surface area contributed by atoms with Gasteiger partial charge in [0.15, 0.2) is 0 Å². The molecule has 100 valence electrons. The highest BCUT2D eigenvalue weighted by molar-refractivity contribution is 7.91. The van der Waals surface area contributed by atoms with Crippen molar-refractivity contribution in [3.05, 3.63) is 40.7 Å². The van der Waals surface area contributed by atoms with Crippen molar-refractivity contribution < 1.29 is 12.8 Å². The summed E-state index contributed by atoms with van der Waals surface area (Å²) in [5, 5.41) is 8.71. The third kappa shape index (κ3) is 3.04. The van der Waals surface area contributed by atoms with Crippen molar-refractivity contribution in [3.63, 3.8) is 0 Å². The van der Waals surface area contributed by atoms with Gasteiger partial charge in [-0.1, -0.05) is 0 Å². The summed E-state index contributed by atoms with van der Waals surface area (Å²) in [5.41, 5.74) is 0. The Morgan fingerprint density at radius 2 is 2.11 bits per heavy atom. The zero-order valence-electron chi connectivity index (χ0n) is 10.4. The molecule has 5 nitrogen and oxygen atoms in total. The smallest absolute Gasteiger partial charge is 0.250 e. The highest BCUT2D eigenvalue weighted by Gasteiger charge is 2.21. The predicted octanol–water partition coefficient (Wildman–Crippen LogP) is 2.56. The Labute approximate surface area is 115 Å². The fraction of sp³-hybridized carbons (Fsp3) is 0.250. The van der Waals surface area contributed by atoms with Crippen LogP contribution >= 0.6 is 11.3 Å². The van der Waals surface area contributed by atoms with Crippen LogP contribution in [0.25, 0.3) is 0 Å². The predicted molar refractivity (Wildman–Crippen MR) is 71.2 cm³/mol. The lowest BCUT2D eigenvalue weighted by atomic mass is 10.3. The maximum Gasteiger partial charge on any atom is 0.250 e. The van der Waals surface area contributed by atoms with Gasteiger partial charge in [-0.2, -0.15) is 5.26 Å². The molecule has 1 atom stereocenters. The van der Waals surface area contributed by atoms with E-state index in [1.807, 2.05) is 6.07 Å². The summed E-state index contributed by atoms with van der Waals surface area (Å²) >= 11 is 0.940. The summed E-state index contributed by atoms with van der Waals surface area (Å²) in [6, 6.07) is 7.87. The van der Waals surface area contributed by atoms with Crippen molar-refractivity contribution in [1.29, 1.82) is 5.26 Å². The molecule has 19 heavy (non-hydrogen) atoms. The minimum Gasteiger partial charge on any atom is -0.465 e. The number of nitriles is 1. The molecule has 0 saturated carbocycles. The maximum absolute atomic E-state index is 12.1. The molecule has 2 rings (SSSR count). The number of thiophene rings is 1. The second-order valence-electron chi connectivity index (χ2n) is 4.02. The molecule has 2 heterocycles. The van der Waals surface area contributed by atoms with Crippen LogP contribution in [0.5, 0.6) is 0 Å². The Bertz CT molecular complexity index is 722. The van der Waals surface area contributed by atoms with Gasteiger partial charge in [0, 0.05) is 0 Å². The van der Waals surface area contributed by atoms with Crippen LogP contribution in [0.4, 0.5) is 0 Å². The third-order valence-corrected chi connectivity index (χ3v) is 5.50. The largest absolute Gasteiger partial charge is 0.465 e. The Kier molecular flexibility index (Phi) is 3.75. The molecule has 0 spiro atoms. The number of aryl methyl sites for hydroxylation is 1. The first-order valence-electron chi connectivity index (χ1n) is 5.51. The van der Waals surface area contributed by atoms with Gasteiger partial charge in [0.2, 0.25) is 0 Å². The van der Waals surface area contributed by atoms with Crippen LogP contribution in [0.15, 0.2) is 32.9 Å². The van der Waals surface area contributed by atoms with Gasteiger partial charge in [-0.3, -0.25) is 0 Å². The summed E-state index contributed by atoms with van der Waals surface area (Å²) in [6.07, 6.45) is 0. The van der Waals surface area contributed by atoms with Crippen LogP contribution < -0.4 is 4.72 Å². The van der Waals surface area contributed by atoms with Gasteiger partial charge in [-0.15, -0.1) is 11.3 Å². The van der Waals surface area contributed by atoms with Crippen LogP contribution in [0.3, 0.4) is 0 Å². The zero-order valence-corrected chi connectivity index (χ0v) is 12.0. The van der Waals surface area contributed by atoms with E-state index in [-0.39, 0.29) is 4.21 Å². The average molecular weight is 296 g/mol. The van der Waals surface area contributed by atoms with Crippen molar-refractivity contribution in [3.8, 4) is 6.07 Å². The quantitative estimate of drug-likeness (QED) is 0.939. The summed E-state index contributed by atoms with van der Waals surface area (Å²) in [6.45, 7) is 3.50. The first kappa shape index (κ1) is 13.8. The number of nitrogens with one attached hydrogen (secondary N) is 1. The van der Waals surface area contributed by atoms with Crippen molar-refractivity contribution in [2.75, 3.05) is 0 Å². The zero-order chi connectivity index (χ0) is 14.0. The first-order valence-corrected chi connectivity index (χ1v) is 7.81. The SMILES string of the molecule is Cc1ccc(C(C)NS(=O)(=O)c2ccc(C#N)s2)o1. The van der Waals surface area contributed by atoms with Gasteiger partial charge < -0.3 is 4.42 Å². The molecule has 2 aromatic heterocycles. The summed E-state index contributed by atoms with van der Waals surface area (Å²) in [4.78, 5) is 0.363. The van der Waals surface area contributed by atoms with E-state index in [0.29, 0.717) is 10.6 Å².